The van der Waals surface area contributed by atoms with Gasteiger partial charge in [-0.25, -0.2) is 4.98 Å². The molecule has 98 valence electrons. The van der Waals surface area contributed by atoms with Gasteiger partial charge in [-0.05, 0) is 12.0 Å². The van der Waals surface area contributed by atoms with E-state index >= 15 is 0 Å². The first-order chi connectivity index (χ1) is 8.64. The van der Waals surface area contributed by atoms with Gasteiger partial charge in [0, 0.05) is 25.4 Å². The summed E-state index contributed by atoms with van der Waals surface area (Å²) in [5.41, 5.74) is 5.95. The number of methoxy groups -OCH3 is 1. The number of rotatable bonds is 4. The van der Waals surface area contributed by atoms with Gasteiger partial charge in [0.25, 0.3) is 0 Å². The Hall–Kier alpha value is -1.66. The largest absolute Gasteiger partial charge is 0.481 e. The minimum atomic E-state index is -0.889. The van der Waals surface area contributed by atoms with Gasteiger partial charge in [-0.3, -0.25) is 4.79 Å². The molecular formula is C12H17N3O3. The first kappa shape index (κ1) is 12.8. The number of aromatic nitrogens is 1. The second-order valence-corrected chi connectivity index (χ2v) is 4.35. The normalized spacial score (nSPS) is 22.8. The molecule has 2 rings (SSSR count). The van der Waals surface area contributed by atoms with Crippen molar-refractivity contribution in [2.45, 2.75) is 18.5 Å². The molecule has 1 aliphatic heterocycles. The molecule has 6 heteroatoms. The predicted octanol–water partition coefficient (Wildman–Crippen LogP) is -0.176. The highest BCUT2D eigenvalue weighted by Gasteiger charge is 2.37. The zero-order chi connectivity index (χ0) is 13.0. The Balaban J connectivity index is 1.88. The van der Waals surface area contributed by atoms with Crippen molar-refractivity contribution in [2.24, 2.45) is 5.73 Å². The van der Waals surface area contributed by atoms with Gasteiger partial charge < -0.3 is 20.5 Å². The summed E-state index contributed by atoms with van der Waals surface area (Å²) in [5.74, 6) is 0.361. The van der Waals surface area contributed by atoms with Gasteiger partial charge in [-0.1, -0.05) is 6.07 Å². The van der Waals surface area contributed by atoms with E-state index in [1.54, 1.807) is 19.4 Å². The minimum absolute atomic E-state index is 0.184. The molecule has 1 fully saturated rings. The third kappa shape index (κ3) is 2.77. The zero-order valence-corrected chi connectivity index (χ0v) is 10.3. The first-order valence-electron chi connectivity index (χ1n) is 5.78. The average molecular weight is 251 g/mol. The summed E-state index contributed by atoms with van der Waals surface area (Å²) in [6, 6.07) is 3.60. The fraction of sp³-hybridized carbons (Fsp3) is 0.500. The summed E-state index contributed by atoms with van der Waals surface area (Å²) < 4.78 is 10.1. The molecule has 1 aliphatic rings. The second-order valence-electron chi connectivity index (χ2n) is 4.35. The van der Waals surface area contributed by atoms with E-state index in [1.165, 1.54) is 0 Å². The van der Waals surface area contributed by atoms with Crippen LogP contribution in [0.5, 0.6) is 5.88 Å². The van der Waals surface area contributed by atoms with E-state index in [4.69, 9.17) is 15.2 Å². The Kier molecular flexibility index (Phi) is 3.78. The molecule has 1 atom stereocenters. The quantitative estimate of drug-likeness (QED) is 0.775. The van der Waals surface area contributed by atoms with Crippen molar-refractivity contribution >= 4 is 5.91 Å². The summed E-state index contributed by atoms with van der Waals surface area (Å²) in [7, 11) is 1.56. The Morgan fingerprint density at radius 2 is 2.50 bits per heavy atom. The molecule has 1 unspecified atom stereocenters. The molecule has 0 radical (unpaired) electrons. The number of amides is 1. The molecule has 0 spiro atoms. The zero-order valence-electron chi connectivity index (χ0n) is 10.3. The summed E-state index contributed by atoms with van der Waals surface area (Å²) in [4.78, 5) is 16.0. The third-order valence-electron chi connectivity index (χ3n) is 2.96. The van der Waals surface area contributed by atoms with Crippen molar-refractivity contribution in [1.82, 2.24) is 10.3 Å². The van der Waals surface area contributed by atoms with E-state index in [9.17, 15) is 4.79 Å². The van der Waals surface area contributed by atoms with Crippen molar-refractivity contribution in [3.8, 4) is 5.88 Å². The van der Waals surface area contributed by atoms with Crippen LogP contribution >= 0.6 is 0 Å². The summed E-state index contributed by atoms with van der Waals surface area (Å²) >= 11 is 0. The second kappa shape index (κ2) is 5.32. The van der Waals surface area contributed by atoms with Crippen molar-refractivity contribution in [3.63, 3.8) is 0 Å². The molecule has 0 aliphatic carbocycles. The molecule has 2 heterocycles. The number of carbonyl (C=O) groups is 1. The highest BCUT2D eigenvalue weighted by Crippen LogP contribution is 2.15. The van der Waals surface area contributed by atoms with Crippen LogP contribution in [0.3, 0.4) is 0 Å². The van der Waals surface area contributed by atoms with Gasteiger partial charge >= 0.3 is 0 Å². The van der Waals surface area contributed by atoms with E-state index in [2.05, 4.69) is 10.3 Å². The van der Waals surface area contributed by atoms with Gasteiger partial charge in [-0.2, -0.15) is 0 Å². The molecule has 1 aromatic rings. The van der Waals surface area contributed by atoms with Crippen LogP contribution in [0.15, 0.2) is 18.3 Å². The standard InChI is InChI=1S/C12H17N3O3/c1-17-10-3-2-9(6-14-10)7-15-11(16)12(13)4-5-18-8-12/h2-3,6H,4-5,7-8,13H2,1H3,(H,15,16). The highest BCUT2D eigenvalue weighted by molar-refractivity contribution is 5.86. The lowest BCUT2D eigenvalue weighted by molar-refractivity contribution is -0.126. The van der Waals surface area contributed by atoms with Crippen LogP contribution in [0.1, 0.15) is 12.0 Å². The topological polar surface area (TPSA) is 86.5 Å². The van der Waals surface area contributed by atoms with Crippen molar-refractivity contribution in [2.75, 3.05) is 20.3 Å². The van der Waals surface area contributed by atoms with Gasteiger partial charge in [-0.15, -0.1) is 0 Å². The predicted molar refractivity (Wildman–Crippen MR) is 65.0 cm³/mol. The number of hydrogen-bond acceptors (Lipinski definition) is 5. The Morgan fingerprint density at radius 1 is 1.67 bits per heavy atom. The highest BCUT2D eigenvalue weighted by atomic mass is 16.5. The van der Waals surface area contributed by atoms with Gasteiger partial charge in [0.05, 0.1) is 13.7 Å². The Morgan fingerprint density at radius 3 is 3.06 bits per heavy atom. The number of nitrogens with zero attached hydrogens (tertiary/aromatic N) is 1. The molecule has 1 saturated heterocycles. The molecule has 1 amide bonds. The van der Waals surface area contributed by atoms with Crippen LogP contribution in [0.2, 0.25) is 0 Å². The molecule has 0 bridgehead atoms. The van der Waals surface area contributed by atoms with Crippen LogP contribution in [0.4, 0.5) is 0 Å². The number of nitrogens with one attached hydrogen (secondary N) is 1. The molecule has 6 nitrogen and oxygen atoms in total. The summed E-state index contributed by atoms with van der Waals surface area (Å²) in [6.45, 7) is 1.21. The third-order valence-corrected chi connectivity index (χ3v) is 2.96. The van der Waals surface area contributed by atoms with Crippen LogP contribution < -0.4 is 15.8 Å². The summed E-state index contributed by atoms with van der Waals surface area (Å²) in [6.07, 6.45) is 2.22. The van der Waals surface area contributed by atoms with Crippen LogP contribution in [-0.2, 0) is 16.1 Å². The van der Waals surface area contributed by atoms with Crippen LogP contribution in [-0.4, -0.2) is 36.8 Å². The van der Waals surface area contributed by atoms with Crippen LogP contribution in [0, 0.1) is 0 Å². The molecule has 0 aromatic carbocycles. The van der Waals surface area contributed by atoms with Crippen molar-refractivity contribution in [1.29, 1.82) is 0 Å². The monoisotopic (exact) mass is 251 g/mol. The first-order valence-corrected chi connectivity index (χ1v) is 5.78. The number of pyridine rings is 1. The molecule has 3 N–H and O–H groups in total. The van der Waals surface area contributed by atoms with E-state index in [1.807, 2.05) is 6.07 Å². The smallest absolute Gasteiger partial charge is 0.242 e. The van der Waals surface area contributed by atoms with E-state index < -0.39 is 5.54 Å². The lowest BCUT2D eigenvalue weighted by Crippen LogP contribution is -2.54. The van der Waals surface area contributed by atoms with E-state index in [-0.39, 0.29) is 12.5 Å². The average Bonchev–Trinajstić information content (AvgIpc) is 2.85. The molecule has 1 aromatic heterocycles. The van der Waals surface area contributed by atoms with Gasteiger partial charge in [0.15, 0.2) is 0 Å². The number of hydrogen-bond donors (Lipinski definition) is 2. The number of nitrogens with two attached hydrogens (primary N) is 1. The van der Waals surface area contributed by atoms with Gasteiger partial charge in [0.1, 0.15) is 5.54 Å². The van der Waals surface area contributed by atoms with E-state index in [0.29, 0.717) is 25.5 Å². The summed E-state index contributed by atoms with van der Waals surface area (Å²) in [5, 5.41) is 2.79. The Bertz CT molecular complexity index is 413. The lowest BCUT2D eigenvalue weighted by Gasteiger charge is -2.20. The molecule has 18 heavy (non-hydrogen) atoms. The molecule has 0 saturated carbocycles. The Labute approximate surface area is 105 Å². The molecular weight excluding hydrogens is 234 g/mol. The SMILES string of the molecule is COc1ccc(CNC(=O)C2(N)CCOC2)cn1. The number of carbonyl (C=O) groups excluding carboxylic acids is 1. The van der Waals surface area contributed by atoms with Gasteiger partial charge in [0.2, 0.25) is 11.8 Å². The van der Waals surface area contributed by atoms with Crippen molar-refractivity contribution in [3.05, 3.63) is 23.9 Å². The maximum absolute atomic E-state index is 11.9. The fourth-order valence-electron chi connectivity index (χ4n) is 1.75. The lowest BCUT2D eigenvalue weighted by atomic mass is 9.99. The van der Waals surface area contributed by atoms with Crippen molar-refractivity contribution < 1.29 is 14.3 Å². The number of ether oxygens (including phenoxy) is 2. The maximum atomic E-state index is 11.9. The fourth-order valence-corrected chi connectivity index (χ4v) is 1.75. The van der Waals surface area contributed by atoms with E-state index in [0.717, 1.165) is 5.56 Å². The maximum Gasteiger partial charge on any atom is 0.242 e. The minimum Gasteiger partial charge on any atom is -0.481 e. The van der Waals surface area contributed by atoms with Crippen LogP contribution in [0.25, 0.3) is 0 Å².